The van der Waals surface area contributed by atoms with Crippen LogP contribution in [0, 0.1) is 0 Å². The minimum Gasteiger partial charge on any atom is -0.372 e. The predicted octanol–water partition coefficient (Wildman–Crippen LogP) is -0.213. The highest BCUT2D eigenvalue weighted by Gasteiger charge is 2.40. The second kappa shape index (κ2) is 4.60. The summed E-state index contributed by atoms with van der Waals surface area (Å²) in [5.41, 5.74) is 0. The van der Waals surface area contributed by atoms with Gasteiger partial charge in [-0.05, 0) is 26.8 Å². The van der Waals surface area contributed by atoms with E-state index in [4.69, 9.17) is 4.74 Å². The molecule has 0 radical (unpaired) electrons. The lowest BCUT2D eigenvalue weighted by atomic mass is 10.2. The highest BCUT2D eigenvalue weighted by molar-refractivity contribution is 7.89. The minimum atomic E-state index is -3.16. The number of rotatable bonds is 4. The van der Waals surface area contributed by atoms with Gasteiger partial charge in [0.05, 0.1) is 17.5 Å². The molecule has 2 saturated heterocycles. The predicted molar refractivity (Wildman–Crippen MR) is 61.8 cm³/mol. The zero-order valence-corrected chi connectivity index (χ0v) is 10.7. The monoisotopic (exact) mass is 248 g/mol. The molecule has 3 unspecified atom stereocenters. The summed E-state index contributed by atoms with van der Waals surface area (Å²) in [6, 6.07) is 0. The summed E-state index contributed by atoms with van der Waals surface area (Å²) in [7, 11) is -1.39. The quantitative estimate of drug-likeness (QED) is 0.748. The van der Waals surface area contributed by atoms with Crippen molar-refractivity contribution in [2.24, 2.45) is 0 Å². The van der Waals surface area contributed by atoms with E-state index in [2.05, 4.69) is 5.32 Å². The van der Waals surface area contributed by atoms with Gasteiger partial charge in [0.25, 0.3) is 0 Å². The van der Waals surface area contributed by atoms with Crippen LogP contribution < -0.4 is 5.32 Å². The lowest BCUT2D eigenvalue weighted by Crippen LogP contribution is -2.50. The van der Waals surface area contributed by atoms with Gasteiger partial charge in [-0.25, -0.2) is 8.42 Å². The third-order valence-electron chi connectivity index (χ3n) is 3.37. The standard InChI is InChI=1S/C10H20N2O3S/c1-8(5-11-2)16(13,14)12-6-9-3-4-10(7-12)15-9/h8-11H,3-7H2,1-2H3. The van der Waals surface area contributed by atoms with Crippen LogP contribution in [0.15, 0.2) is 0 Å². The Hall–Kier alpha value is -0.170. The van der Waals surface area contributed by atoms with Crippen LogP contribution in [0.3, 0.4) is 0 Å². The molecule has 0 aromatic heterocycles. The van der Waals surface area contributed by atoms with Gasteiger partial charge in [0.15, 0.2) is 0 Å². The van der Waals surface area contributed by atoms with Crippen LogP contribution in [0.2, 0.25) is 0 Å². The van der Waals surface area contributed by atoms with Crippen LogP contribution in [-0.4, -0.2) is 56.9 Å². The number of nitrogens with one attached hydrogen (secondary N) is 1. The van der Waals surface area contributed by atoms with Gasteiger partial charge < -0.3 is 10.1 Å². The van der Waals surface area contributed by atoms with Gasteiger partial charge in [-0.1, -0.05) is 0 Å². The lowest BCUT2D eigenvalue weighted by Gasteiger charge is -2.33. The smallest absolute Gasteiger partial charge is 0.218 e. The van der Waals surface area contributed by atoms with Gasteiger partial charge in [0.1, 0.15) is 0 Å². The second-order valence-corrected chi connectivity index (χ2v) is 7.04. The Balaban J connectivity index is 2.06. The van der Waals surface area contributed by atoms with Crippen molar-refractivity contribution in [2.45, 2.75) is 37.2 Å². The molecule has 0 aliphatic carbocycles. The van der Waals surface area contributed by atoms with E-state index in [9.17, 15) is 8.42 Å². The van der Waals surface area contributed by atoms with Crippen molar-refractivity contribution in [1.82, 2.24) is 9.62 Å². The molecule has 2 rings (SSSR count). The third-order valence-corrected chi connectivity index (χ3v) is 5.57. The van der Waals surface area contributed by atoms with E-state index < -0.39 is 10.0 Å². The summed E-state index contributed by atoms with van der Waals surface area (Å²) in [4.78, 5) is 0. The van der Waals surface area contributed by atoms with Crippen LogP contribution in [0.1, 0.15) is 19.8 Å². The number of sulfonamides is 1. The Kier molecular flexibility index (Phi) is 3.53. The fourth-order valence-electron chi connectivity index (χ4n) is 2.43. The summed E-state index contributed by atoms with van der Waals surface area (Å²) in [5.74, 6) is 0. The molecule has 6 heteroatoms. The van der Waals surface area contributed by atoms with Crippen molar-refractivity contribution in [3.8, 4) is 0 Å². The van der Waals surface area contributed by atoms with Crippen molar-refractivity contribution < 1.29 is 13.2 Å². The molecule has 2 aliphatic rings. The Bertz CT molecular complexity index is 332. The van der Waals surface area contributed by atoms with Crippen LogP contribution >= 0.6 is 0 Å². The molecule has 2 aliphatic heterocycles. The summed E-state index contributed by atoms with van der Waals surface area (Å²) < 4.78 is 31.7. The molecule has 0 aromatic rings. The van der Waals surface area contributed by atoms with Crippen LogP contribution in [0.25, 0.3) is 0 Å². The minimum absolute atomic E-state index is 0.121. The Morgan fingerprint density at radius 3 is 2.44 bits per heavy atom. The molecule has 5 nitrogen and oxygen atoms in total. The molecule has 3 atom stereocenters. The van der Waals surface area contributed by atoms with E-state index >= 15 is 0 Å². The number of fused-ring (bicyclic) bond motifs is 2. The highest BCUT2D eigenvalue weighted by Crippen LogP contribution is 2.28. The van der Waals surface area contributed by atoms with E-state index in [-0.39, 0.29) is 17.5 Å². The van der Waals surface area contributed by atoms with Crippen LogP contribution in [-0.2, 0) is 14.8 Å². The molecular weight excluding hydrogens is 228 g/mol. The van der Waals surface area contributed by atoms with Gasteiger partial charge in [0.2, 0.25) is 10.0 Å². The Morgan fingerprint density at radius 1 is 1.38 bits per heavy atom. The molecule has 2 heterocycles. The maximum Gasteiger partial charge on any atom is 0.218 e. The maximum atomic E-state index is 12.2. The van der Waals surface area contributed by atoms with Crippen molar-refractivity contribution in [3.63, 3.8) is 0 Å². The average Bonchev–Trinajstić information content (AvgIpc) is 2.58. The topological polar surface area (TPSA) is 58.6 Å². The first-order valence-corrected chi connectivity index (χ1v) is 7.33. The second-order valence-electron chi connectivity index (χ2n) is 4.69. The largest absolute Gasteiger partial charge is 0.372 e. The molecule has 0 spiro atoms. The molecule has 94 valence electrons. The van der Waals surface area contributed by atoms with Crippen molar-refractivity contribution in [3.05, 3.63) is 0 Å². The average molecular weight is 248 g/mol. The van der Waals surface area contributed by atoms with Gasteiger partial charge in [0, 0.05) is 19.6 Å². The molecule has 0 aromatic carbocycles. The molecular formula is C10H20N2O3S. The molecule has 2 bridgehead atoms. The first-order chi connectivity index (χ1) is 7.54. The first-order valence-electron chi connectivity index (χ1n) is 5.83. The fourth-order valence-corrected chi connectivity index (χ4v) is 4.07. The first kappa shape index (κ1) is 12.3. The van der Waals surface area contributed by atoms with Crippen molar-refractivity contribution in [1.29, 1.82) is 0 Å². The summed E-state index contributed by atoms with van der Waals surface area (Å²) >= 11 is 0. The third kappa shape index (κ3) is 2.25. The number of hydrogen-bond donors (Lipinski definition) is 1. The van der Waals surface area contributed by atoms with Gasteiger partial charge in [-0.2, -0.15) is 4.31 Å². The fraction of sp³-hybridized carbons (Fsp3) is 1.00. The van der Waals surface area contributed by atoms with E-state index in [1.807, 2.05) is 0 Å². The Labute approximate surface area is 97.2 Å². The maximum absolute atomic E-state index is 12.2. The molecule has 0 saturated carbocycles. The summed E-state index contributed by atoms with van der Waals surface area (Å²) in [6.45, 7) is 3.32. The normalized spacial score (nSPS) is 32.9. The molecule has 16 heavy (non-hydrogen) atoms. The molecule has 1 N–H and O–H groups in total. The Morgan fingerprint density at radius 2 is 1.94 bits per heavy atom. The van der Waals surface area contributed by atoms with E-state index in [1.54, 1.807) is 18.3 Å². The number of nitrogens with zero attached hydrogens (tertiary/aromatic N) is 1. The molecule has 2 fully saturated rings. The highest BCUT2D eigenvalue weighted by atomic mass is 32.2. The number of morpholine rings is 1. The van der Waals surface area contributed by atoms with Crippen molar-refractivity contribution in [2.75, 3.05) is 26.7 Å². The van der Waals surface area contributed by atoms with Gasteiger partial charge in [-0.15, -0.1) is 0 Å². The zero-order chi connectivity index (χ0) is 11.8. The van der Waals surface area contributed by atoms with Crippen LogP contribution in [0.5, 0.6) is 0 Å². The van der Waals surface area contributed by atoms with Gasteiger partial charge >= 0.3 is 0 Å². The summed E-state index contributed by atoms with van der Waals surface area (Å²) in [5, 5.41) is 2.55. The molecule has 0 amide bonds. The zero-order valence-electron chi connectivity index (χ0n) is 9.85. The van der Waals surface area contributed by atoms with E-state index in [1.165, 1.54) is 0 Å². The van der Waals surface area contributed by atoms with Gasteiger partial charge in [-0.3, -0.25) is 0 Å². The van der Waals surface area contributed by atoms with Crippen molar-refractivity contribution >= 4 is 10.0 Å². The SMILES string of the molecule is CNCC(C)S(=O)(=O)N1CC2CCC(C1)O2. The number of ether oxygens (including phenoxy) is 1. The van der Waals surface area contributed by atoms with Crippen LogP contribution in [0.4, 0.5) is 0 Å². The summed E-state index contributed by atoms with van der Waals surface area (Å²) in [6.07, 6.45) is 2.24. The lowest BCUT2D eigenvalue weighted by molar-refractivity contribution is -0.0116. The van der Waals surface area contributed by atoms with E-state index in [0.717, 1.165) is 12.8 Å². The number of hydrogen-bond acceptors (Lipinski definition) is 4. The van der Waals surface area contributed by atoms with E-state index in [0.29, 0.717) is 19.6 Å².